The minimum absolute atomic E-state index is 0.00317. The molecule has 0 saturated heterocycles. The van der Waals surface area contributed by atoms with E-state index in [1.165, 1.54) is 25.7 Å². The Labute approximate surface area is 213 Å². The number of fused-ring (bicyclic) bond motifs is 4. The van der Waals surface area contributed by atoms with Gasteiger partial charge in [0, 0.05) is 5.41 Å². The third kappa shape index (κ3) is 4.57. The number of rotatable bonds is 10. The molecule has 8 atom stereocenters. The summed E-state index contributed by atoms with van der Waals surface area (Å²) in [4.78, 5) is 26.5. The lowest BCUT2D eigenvalue weighted by atomic mass is 9.69. The van der Waals surface area contributed by atoms with Crippen LogP contribution in [0.1, 0.15) is 107 Å². The summed E-state index contributed by atoms with van der Waals surface area (Å²) < 4.78 is 17.6. The Morgan fingerprint density at radius 1 is 0.971 bits per heavy atom. The first-order chi connectivity index (χ1) is 16.2. The molecule has 35 heavy (non-hydrogen) atoms. The van der Waals surface area contributed by atoms with Crippen LogP contribution in [0.5, 0.6) is 0 Å². The summed E-state index contributed by atoms with van der Waals surface area (Å²) in [5.74, 6) is 3.08. The van der Waals surface area contributed by atoms with Gasteiger partial charge in [-0.15, -0.1) is 0 Å². The van der Waals surface area contributed by atoms with Crippen LogP contribution < -0.4 is 0 Å². The van der Waals surface area contributed by atoms with Gasteiger partial charge in [-0.2, -0.15) is 0 Å². The number of ether oxygens (including phenoxy) is 3. The molecule has 0 aromatic rings. The SMILES string of the molecule is CCC(C)(CC(C)(C)C(=O)OC1CC2CCC1(C)C2(C)C)C(=O)OCOCC1C2CCC(C2)C1C. The third-order valence-corrected chi connectivity index (χ3v) is 11.7. The fourth-order valence-electron chi connectivity index (χ4n) is 8.43. The lowest BCUT2D eigenvalue weighted by molar-refractivity contribution is -0.177. The van der Waals surface area contributed by atoms with E-state index in [0.29, 0.717) is 37.2 Å². The van der Waals surface area contributed by atoms with Crippen molar-refractivity contribution in [2.24, 2.45) is 51.2 Å². The van der Waals surface area contributed by atoms with Gasteiger partial charge in [0.05, 0.1) is 17.4 Å². The van der Waals surface area contributed by atoms with Gasteiger partial charge in [0.15, 0.2) is 6.79 Å². The molecule has 0 spiro atoms. The first kappa shape index (κ1) is 26.9. The maximum atomic E-state index is 13.4. The van der Waals surface area contributed by atoms with E-state index < -0.39 is 10.8 Å². The highest BCUT2D eigenvalue weighted by atomic mass is 16.7. The second kappa shape index (κ2) is 9.33. The summed E-state index contributed by atoms with van der Waals surface area (Å²) >= 11 is 0. The van der Waals surface area contributed by atoms with Crippen molar-refractivity contribution in [1.82, 2.24) is 0 Å². The van der Waals surface area contributed by atoms with Gasteiger partial charge in [0.1, 0.15) is 6.10 Å². The average Bonchev–Trinajstić information content (AvgIpc) is 3.48. The Morgan fingerprint density at radius 2 is 1.66 bits per heavy atom. The number of hydrogen-bond donors (Lipinski definition) is 0. The fraction of sp³-hybridized carbons (Fsp3) is 0.933. The molecule has 4 aliphatic carbocycles. The van der Waals surface area contributed by atoms with Crippen LogP contribution >= 0.6 is 0 Å². The molecule has 0 amide bonds. The molecule has 4 aliphatic rings. The minimum atomic E-state index is -0.772. The smallest absolute Gasteiger partial charge is 0.313 e. The number of esters is 2. The summed E-state index contributed by atoms with van der Waals surface area (Å²) in [6.45, 7) is 17.7. The van der Waals surface area contributed by atoms with Gasteiger partial charge in [-0.3, -0.25) is 9.59 Å². The van der Waals surface area contributed by atoms with Gasteiger partial charge in [0.2, 0.25) is 0 Å². The van der Waals surface area contributed by atoms with Crippen LogP contribution in [0, 0.1) is 51.2 Å². The molecule has 0 radical (unpaired) electrons. The molecule has 0 N–H and O–H groups in total. The normalized spacial score (nSPS) is 39.0. The average molecular weight is 491 g/mol. The zero-order valence-electron chi connectivity index (χ0n) is 23.6. The molecule has 200 valence electrons. The Balaban J connectivity index is 1.28. The fourth-order valence-corrected chi connectivity index (χ4v) is 8.43. The maximum absolute atomic E-state index is 13.4. The summed E-state index contributed by atoms with van der Waals surface area (Å²) in [7, 11) is 0. The van der Waals surface area contributed by atoms with E-state index in [2.05, 4.69) is 27.7 Å². The molecular formula is C30H50O5. The molecule has 4 rings (SSSR count). The van der Waals surface area contributed by atoms with Gasteiger partial charge in [0.25, 0.3) is 0 Å². The molecular weight excluding hydrogens is 440 g/mol. The molecule has 5 nitrogen and oxygen atoms in total. The van der Waals surface area contributed by atoms with Crippen LogP contribution in [0.3, 0.4) is 0 Å². The second-order valence-corrected chi connectivity index (χ2v) is 14.3. The number of hydrogen-bond acceptors (Lipinski definition) is 5. The molecule has 5 heteroatoms. The maximum Gasteiger partial charge on any atom is 0.313 e. The lowest BCUT2D eigenvalue weighted by Crippen LogP contribution is -2.43. The Kier molecular flexibility index (Phi) is 7.18. The Morgan fingerprint density at radius 3 is 2.20 bits per heavy atom. The van der Waals surface area contributed by atoms with Crippen LogP contribution in [-0.2, 0) is 23.8 Å². The van der Waals surface area contributed by atoms with Crippen molar-refractivity contribution in [2.45, 2.75) is 113 Å². The molecule has 0 aliphatic heterocycles. The predicted molar refractivity (Wildman–Crippen MR) is 136 cm³/mol. The van der Waals surface area contributed by atoms with Crippen LogP contribution in [-0.4, -0.2) is 31.4 Å². The van der Waals surface area contributed by atoms with Gasteiger partial charge < -0.3 is 14.2 Å². The van der Waals surface area contributed by atoms with Crippen molar-refractivity contribution in [3.8, 4) is 0 Å². The lowest BCUT2D eigenvalue weighted by Gasteiger charge is -2.40. The van der Waals surface area contributed by atoms with E-state index in [9.17, 15) is 9.59 Å². The largest absolute Gasteiger partial charge is 0.461 e. The molecule has 8 unspecified atom stereocenters. The number of carbonyl (C=O) groups excluding carboxylic acids is 2. The second-order valence-electron chi connectivity index (χ2n) is 14.3. The molecule has 4 fully saturated rings. The molecule has 0 aromatic heterocycles. The summed E-state index contributed by atoms with van der Waals surface area (Å²) in [5, 5.41) is 0. The van der Waals surface area contributed by atoms with Gasteiger partial charge in [-0.05, 0) is 107 Å². The van der Waals surface area contributed by atoms with E-state index >= 15 is 0 Å². The van der Waals surface area contributed by atoms with Gasteiger partial charge in [-0.1, -0.05) is 34.6 Å². The van der Waals surface area contributed by atoms with E-state index in [4.69, 9.17) is 14.2 Å². The van der Waals surface area contributed by atoms with Crippen molar-refractivity contribution in [3.63, 3.8) is 0 Å². The summed E-state index contributed by atoms with van der Waals surface area (Å²) in [6.07, 6.45) is 8.28. The van der Waals surface area contributed by atoms with Crippen molar-refractivity contribution in [3.05, 3.63) is 0 Å². The van der Waals surface area contributed by atoms with Crippen LogP contribution in [0.25, 0.3) is 0 Å². The van der Waals surface area contributed by atoms with Crippen LogP contribution in [0.4, 0.5) is 0 Å². The van der Waals surface area contributed by atoms with Crippen LogP contribution in [0.2, 0.25) is 0 Å². The molecule has 4 saturated carbocycles. The summed E-state index contributed by atoms with van der Waals surface area (Å²) in [6, 6.07) is 0. The Bertz CT molecular complexity index is 816. The van der Waals surface area contributed by atoms with E-state index in [1.54, 1.807) is 0 Å². The van der Waals surface area contributed by atoms with Crippen molar-refractivity contribution in [2.75, 3.05) is 13.4 Å². The first-order valence-electron chi connectivity index (χ1n) is 14.2. The van der Waals surface area contributed by atoms with Gasteiger partial charge >= 0.3 is 11.9 Å². The van der Waals surface area contributed by atoms with E-state index in [1.807, 2.05) is 27.7 Å². The highest BCUT2D eigenvalue weighted by Gasteiger charge is 2.63. The van der Waals surface area contributed by atoms with Crippen molar-refractivity contribution >= 4 is 11.9 Å². The standard InChI is InChI=1S/C30H50O5/c1-9-29(7,26(32)34-18-33-16-23-19(2)20-10-11-21(23)14-20)17-27(3,4)25(31)35-24-15-22-12-13-30(24,8)28(22,5)6/h19-24H,9-18H2,1-8H3. The first-order valence-corrected chi connectivity index (χ1v) is 14.2. The summed E-state index contributed by atoms with van der Waals surface area (Å²) in [5.41, 5.74) is -1.31. The minimum Gasteiger partial charge on any atom is -0.461 e. The third-order valence-electron chi connectivity index (χ3n) is 11.7. The van der Waals surface area contributed by atoms with Crippen molar-refractivity contribution < 1.29 is 23.8 Å². The van der Waals surface area contributed by atoms with E-state index in [-0.39, 0.29) is 35.7 Å². The topological polar surface area (TPSA) is 61.8 Å². The zero-order chi connectivity index (χ0) is 25.8. The highest BCUT2D eigenvalue weighted by Crippen LogP contribution is 2.66. The molecule has 0 heterocycles. The van der Waals surface area contributed by atoms with Crippen molar-refractivity contribution in [1.29, 1.82) is 0 Å². The van der Waals surface area contributed by atoms with Crippen LogP contribution in [0.15, 0.2) is 0 Å². The van der Waals surface area contributed by atoms with E-state index in [0.717, 1.165) is 24.7 Å². The zero-order valence-corrected chi connectivity index (χ0v) is 23.6. The Hall–Kier alpha value is -1.10. The quantitative estimate of drug-likeness (QED) is 0.192. The molecule has 0 aromatic carbocycles. The monoisotopic (exact) mass is 490 g/mol. The highest BCUT2D eigenvalue weighted by molar-refractivity contribution is 5.80. The van der Waals surface area contributed by atoms with Gasteiger partial charge in [-0.25, -0.2) is 0 Å². The molecule has 4 bridgehead atoms. The predicted octanol–water partition coefficient (Wildman–Crippen LogP) is 6.78. The number of carbonyl (C=O) groups is 2.